The van der Waals surface area contributed by atoms with Gasteiger partial charge in [0.15, 0.2) is 0 Å². The summed E-state index contributed by atoms with van der Waals surface area (Å²) in [5.41, 5.74) is 6.51. The summed E-state index contributed by atoms with van der Waals surface area (Å²) < 4.78 is 0. The summed E-state index contributed by atoms with van der Waals surface area (Å²) in [5, 5.41) is 0. The van der Waals surface area contributed by atoms with Crippen molar-refractivity contribution in [1.82, 2.24) is 9.80 Å². The van der Waals surface area contributed by atoms with Gasteiger partial charge in [-0.2, -0.15) is 0 Å². The Morgan fingerprint density at radius 3 is 2.62 bits per heavy atom. The lowest BCUT2D eigenvalue weighted by Crippen LogP contribution is -2.48. The number of nitrogens with two attached hydrogens (primary N) is 1. The van der Waals surface area contributed by atoms with Crippen molar-refractivity contribution in [3.8, 4) is 0 Å². The van der Waals surface area contributed by atoms with Crippen LogP contribution in [-0.4, -0.2) is 47.6 Å². The predicted octanol–water partition coefficient (Wildman–Crippen LogP) is 2.94. The van der Waals surface area contributed by atoms with Gasteiger partial charge in [0.25, 0.3) is 0 Å². The first-order valence-electron chi connectivity index (χ1n) is 8.51. The molecule has 2 rings (SSSR count). The first-order valence-corrected chi connectivity index (χ1v) is 9.73. The van der Waals surface area contributed by atoms with E-state index in [1.54, 1.807) is 16.7 Å². The lowest BCUT2D eigenvalue weighted by atomic mass is 9.96. The Hall–Kier alpha value is -1.69. The Labute approximate surface area is 148 Å². The Morgan fingerprint density at radius 2 is 2.04 bits per heavy atom. The SMILES string of the molecule is CCCN(Cc1ccc(SC)cc1)C(=O)[C@@H]1CCCN(C(N)=O)C1. The maximum Gasteiger partial charge on any atom is 0.314 e. The maximum atomic E-state index is 12.9. The molecule has 0 unspecified atom stereocenters. The van der Waals surface area contributed by atoms with Gasteiger partial charge in [0.1, 0.15) is 0 Å². The number of benzene rings is 1. The van der Waals surface area contributed by atoms with E-state index in [-0.39, 0.29) is 11.8 Å². The van der Waals surface area contributed by atoms with Crippen molar-refractivity contribution < 1.29 is 9.59 Å². The van der Waals surface area contributed by atoms with E-state index in [1.807, 2.05) is 4.90 Å². The molecule has 5 nitrogen and oxygen atoms in total. The summed E-state index contributed by atoms with van der Waals surface area (Å²) in [5.74, 6) is 0.0000126. The van der Waals surface area contributed by atoms with Crippen LogP contribution in [0, 0.1) is 5.92 Å². The minimum atomic E-state index is -0.429. The van der Waals surface area contributed by atoms with Gasteiger partial charge in [0.2, 0.25) is 5.91 Å². The second-order valence-electron chi connectivity index (χ2n) is 6.23. The van der Waals surface area contributed by atoms with Crippen LogP contribution in [0.1, 0.15) is 31.7 Å². The summed E-state index contributed by atoms with van der Waals surface area (Å²) >= 11 is 1.71. The number of piperidine rings is 1. The number of carbonyl (C=O) groups excluding carboxylic acids is 2. The molecule has 0 radical (unpaired) electrons. The second kappa shape index (κ2) is 8.97. The van der Waals surface area contributed by atoms with Gasteiger partial charge in [0.05, 0.1) is 5.92 Å². The summed E-state index contributed by atoms with van der Waals surface area (Å²) in [4.78, 5) is 29.0. The zero-order chi connectivity index (χ0) is 17.5. The number of rotatable bonds is 6. The molecule has 6 heteroatoms. The van der Waals surface area contributed by atoms with Crippen LogP contribution in [0.15, 0.2) is 29.2 Å². The van der Waals surface area contributed by atoms with E-state index >= 15 is 0 Å². The van der Waals surface area contributed by atoms with Gasteiger partial charge in [0, 0.05) is 31.1 Å². The van der Waals surface area contributed by atoms with E-state index in [4.69, 9.17) is 5.73 Å². The molecular formula is C18H27N3O2S. The molecule has 1 aliphatic rings. The molecule has 1 heterocycles. The summed E-state index contributed by atoms with van der Waals surface area (Å²) in [6, 6.07) is 7.91. The minimum absolute atomic E-state index is 0.136. The number of urea groups is 1. The van der Waals surface area contributed by atoms with Crippen molar-refractivity contribution in [3.63, 3.8) is 0 Å². The lowest BCUT2D eigenvalue weighted by molar-refractivity contribution is -0.137. The van der Waals surface area contributed by atoms with E-state index < -0.39 is 6.03 Å². The van der Waals surface area contributed by atoms with E-state index in [0.717, 1.165) is 31.4 Å². The monoisotopic (exact) mass is 349 g/mol. The van der Waals surface area contributed by atoms with Gasteiger partial charge in [-0.15, -0.1) is 11.8 Å². The Balaban J connectivity index is 2.04. The zero-order valence-electron chi connectivity index (χ0n) is 14.5. The van der Waals surface area contributed by atoms with E-state index in [0.29, 0.717) is 19.6 Å². The molecule has 2 N–H and O–H groups in total. The molecule has 1 fully saturated rings. The fourth-order valence-corrected chi connectivity index (χ4v) is 3.53. The molecule has 0 bridgehead atoms. The number of amides is 3. The highest BCUT2D eigenvalue weighted by Crippen LogP contribution is 2.21. The smallest absolute Gasteiger partial charge is 0.314 e. The molecular weight excluding hydrogens is 322 g/mol. The molecule has 1 aromatic carbocycles. The molecule has 132 valence electrons. The highest BCUT2D eigenvalue weighted by molar-refractivity contribution is 7.98. The van der Waals surface area contributed by atoms with Gasteiger partial charge in [-0.25, -0.2) is 4.79 Å². The third-order valence-electron chi connectivity index (χ3n) is 4.42. The lowest BCUT2D eigenvalue weighted by Gasteiger charge is -2.34. The van der Waals surface area contributed by atoms with Crippen LogP contribution >= 0.6 is 11.8 Å². The third kappa shape index (κ3) is 4.90. The number of nitrogens with zero attached hydrogens (tertiary/aromatic N) is 2. The number of primary amides is 1. The molecule has 1 saturated heterocycles. The number of likely N-dealkylation sites (tertiary alicyclic amines) is 1. The molecule has 3 amide bonds. The zero-order valence-corrected chi connectivity index (χ0v) is 15.3. The fraction of sp³-hybridized carbons (Fsp3) is 0.556. The van der Waals surface area contributed by atoms with Gasteiger partial charge in [-0.05, 0) is 43.2 Å². The highest BCUT2D eigenvalue weighted by Gasteiger charge is 2.30. The van der Waals surface area contributed by atoms with Gasteiger partial charge in [-0.1, -0.05) is 19.1 Å². The van der Waals surface area contributed by atoms with E-state index in [2.05, 4.69) is 37.4 Å². The summed E-state index contributed by atoms with van der Waals surface area (Å²) in [6.07, 6.45) is 4.63. The number of thioether (sulfide) groups is 1. The molecule has 1 atom stereocenters. The normalized spacial score (nSPS) is 17.6. The van der Waals surface area contributed by atoms with Crippen molar-refractivity contribution in [3.05, 3.63) is 29.8 Å². The molecule has 0 aromatic heterocycles. The number of hydrogen-bond donors (Lipinski definition) is 1. The van der Waals surface area contributed by atoms with Gasteiger partial charge in [-0.3, -0.25) is 4.79 Å². The topological polar surface area (TPSA) is 66.6 Å². The van der Waals surface area contributed by atoms with Crippen molar-refractivity contribution in [1.29, 1.82) is 0 Å². The van der Waals surface area contributed by atoms with Gasteiger partial charge < -0.3 is 15.5 Å². The molecule has 0 spiro atoms. The largest absolute Gasteiger partial charge is 0.351 e. The first kappa shape index (κ1) is 18.6. The van der Waals surface area contributed by atoms with Crippen molar-refractivity contribution in [2.24, 2.45) is 11.7 Å². The summed E-state index contributed by atoms with van der Waals surface area (Å²) in [7, 11) is 0. The van der Waals surface area contributed by atoms with Crippen LogP contribution in [0.4, 0.5) is 4.79 Å². The molecule has 1 aliphatic heterocycles. The standard InChI is InChI=1S/C18H27N3O2S/c1-3-10-20(12-14-6-8-16(24-2)9-7-14)17(22)15-5-4-11-21(13-15)18(19)23/h6-9,15H,3-5,10-13H2,1-2H3,(H2,19,23)/t15-/m1/s1. The number of hydrogen-bond acceptors (Lipinski definition) is 3. The average Bonchev–Trinajstić information content (AvgIpc) is 2.61. The van der Waals surface area contributed by atoms with Gasteiger partial charge >= 0.3 is 6.03 Å². The van der Waals surface area contributed by atoms with Crippen LogP contribution in [-0.2, 0) is 11.3 Å². The first-order chi connectivity index (χ1) is 11.5. The maximum absolute atomic E-state index is 12.9. The van der Waals surface area contributed by atoms with Crippen LogP contribution in [0.25, 0.3) is 0 Å². The van der Waals surface area contributed by atoms with E-state index in [1.165, 1.54) is 4.90 Å². The van der Waals surface area contributed by atoms with Crippen molar-refractivity contribution >= 4 is 23.7 Å². The Morgan fingerprint density at radius 1 is 1.33 bits per heavy atom. The molecule has 0 aliphatic carbocycles. The average molecular weight is 350 g/mol. The highest BCUT2D eigenvalue weighted by atomic mass is 32.2. The van der Waals surface area contributed by atoms with Crippen LogP contribution in [0.2, 0.25) is 0 Å². The van der Waals surface area contributed by atoms with Crippen LogP contribution in [0.5, 0.6) is 0 Å². The second-order valence-corrected chi connectivity index (χ2v) is 7.11. The van der Waals surface area contributed by atoms with E-state index in [9.17, 15) is 9.59 Å². The van der Waals surface area contributed by atoms with Crippen molar-refractivity contribution in [2.75, 3.05) is 25.9 Å². The minimum Gasteiger partial charge on any atom is -0.351 e. The quantitative estimate of drug-likeness (QED) is 0.803. The van der Waals surface area contributed by atoms with Crippen LogP contribution < -0.4 is 5.73 Å². The predicted molar refractivity (Wildman–Crippen MR) is 97.8 cm³/mol. The number of carbonyl (C=O) groups is 2. The Kier molecular flexibility index (Phi) is 6.97. The molecule has 0 saturated carbocycles. The molecule has 1 aromatic rings. The Bertz CT molecular complexity index is 562. The van der Waals surface area contributed by atoms with Crippen molar-refractivity contribution in [2.45, 2.75) is 37.6 Å². The molecule has 24 heavy (non-hydrogen) atoms. The third-order valence-corrected chi connectivity index (χ3v) is 5.16. The summed E-state index contributed by atoms with van der Waals surface area (Å²) in [6.45, 7) is 4.53. The fourth-order valence-electron chi connectivity index (χ4n) is 3.13. The van der Waals surface area contributed by atoms with Crippen LogP contribution in [0.3, 0.4) is 0 Å².